The van der Waals surface area contributed by atoms with E-state index in [1.807, 2.05) is 0 Å². The number of carbonyl (C=O) groups excluding carboxylic acids is 1. The van der Waals surface area contributed by atoms with Gasteiger partial charge in [-0.2, -0.15) is 22.0 Å². The molecule has 4 aliphatic rings. The van der Waals surface area contributed by atoms with Gasteiger partial charge in [-0.3, -0.25) is 4.79 Å². The van der Waals surface area contributed by atoms with Crippen LogP contribution in [0.4, 0.5) is 22.0 Å². The molecular weight excluding hydrogens is 351 g/mol. The fraction of sp³-hybridized carbons (Fsp3) is 0.750. The molecule has 4 aliphatic carbocycles. The third kappa shape index (κ3) is 2.43. The van der Waals surface area contributed by atoms with E-state index in [2.05, 4.69) is 0 Å². The summed E-state index contributed by atoms with van der Waals surface area (Å²) in [5.41, 5.74) is 2.55. The number of hydrogen-bond donors (Lipinski definition) is 0. The van der Waals surface area contributed by atoms with Gasteiger partial charge in [-0.25, -0.2) is 0 Å². The van der Waals surface area contributed by atoms with Crippen molar-refractivity contribution < 1.29 is 26.7 Å². The van der Waals surface area contributed by atoms with E-state index in [1.165, 1.54) is 11.1 Å². The van der Waals surface area contributed by atoms with Crippen molar-refractivity contribution in [3.63, 3.8) is 0 Å². The fourth-order valence-electron chi connectivity index (χ4n) is 6.32. The Balaban J connectivity index is 1.69. The maximum absolute atomic E-state index is 14.2. The first-order valence-corrected chi connectivity index (χ1v) is 9.46. The molecule has 0 aromatic rings. The van der Waals surface area contributed by atoms with Crippen LogP contribution >= 0.6 is 0 Å². The molecule has 144 valence electrons. The molecule has 0 spiro atoms. The van der Waals surface area contributed by atoms with Gasteiger partial charge in [-0.1, -0.05) is 12.5 Å². The fourth-order valence-corrected chi connectivity index (χ4v) is 6.32. The minimum Gasteiger partial charge on any atom is -0.295 e. The maximum Gasteiger partial charge on any atom is 0.453 e. The molecule has 0 saturated heterocycles. The number of allylic oxidation sites excluding steroid dienone is 4. The lowest BCUT2D eigenvalue weighted by Crippen LogP contribution is -2.51. The first-order valence-electron chi connectivity index (χ1n) is 9.46. The summed E-state index contributed by atoms with van der Waals surface area (Å²) in [6.07, 6.45) is 0.248. The maximum atomic E-state index is 14.2. The molecule has 4 atom stereocenters. The van der Waals surface area contributed by atoms with E-state index in [0.29, 0.717) is 32.1 Å². The minimum atomic E-state index is -5.49. The average molecular weight is 374 g/mol. The van der Waals surface area contributed by atoms with E-state index < -0.39 is 23.4 Å². The third-order valence-corrected chi connectivity index (χ3v) is 7.55. The Labute approximate surface area is 149 Å². The van der Waals surface area contributed by atoms with Gasteiger partial charge in [-0.15, -0.1) is 0 Å². The Kier molecular flexibility index (Phi) is 3.95. The van der Waals surface area contributed by atoms with Crippen LogP contribution in [0.3, 0.4) is 0 Å². The summed E-state index contributed by atoms with van der Waals surface area (Å²) in [5, 5.41) is 0. The van der Waals surface area contributed by atoms with Gasteiger partial charge in [0.15, 0.2) is 5.78 Å². The van der Waals surface area contributed by atoms with Crippen molar-refractivity contribution in [2.75, 3.05) is 0 Å². The second kappa shape index (κ2) is 5.65. The Hall–Kier alpha value is -1.20. The van der Waals surface area contributed by atoms with Crippen LogP contribution in [0.2, 0.25) is 0 Å². The highest BCUT2D eigenvalue weighted by molar-refractivity contribution is 5.93. The molecule has 0 amide bonds. The molecule has 6 heteroatoms. The number of halogens is 5. The molecule has 1 nitrogen and oxygen atoms in total. The molecule has 0 heterocycles. The van der Waals surface area contributed by atoms with E-state index >= 15 is 0 Å². The van der Waals surface area contributed by atoms with Crippen LogP contribution < -0.4 is 0 Å². The molecular formula is C20H23F5O. The topological polar surface area (TPSA) is 17.1 Å². The number of rotatable bonds is 1. The monoisotopic (exact) mass is 374 g/mol. The summed E-state index contributed by atoms with van der Waals surface area (Å²) < 4.78 is 67.4. The van der Waals surface area contributed by atoms with E-state index in [0.717, 1.165) is 18.4 Å². The highest BCUT2D eigenvalue weighted by atomic mass is 19.4. The van der Waals surface area contributed by atoms with E-state index in [1.54, 1.807) is 13.0 Å². The SMILES string of the molecule is C[C@]12CCC3=C4CCC(=O)C=C4CC[C@H]3[C@@H]1CC[C@H]2C(F)(F)C(F)(F)F. The average Bonchev–Trinajstić information content (AvgIpc) is 2.91. The first-order chi connectivity index (χ1) is 12.1. The molecule has 0 N–H and O–H groups in total. The Bertz CT molecular complexity index is 701. The van der Waals surface area contributed by atoms with Gasteiger partial charge in [0.1, 0.15) is 0 Å². The number of ketones is 1. The highest BCUT2D eigenvalue weighted by Crippen LogP contribution is 2.66. The van der Waals surface area contributed by atoms with Gasteiger partial charge in [0.05, 0.1) is 0 Å². The molecule has 0 aromatic heterocycles. The van der Waals surface area contributed by atoms with Crippen LogP contribution in [-0.2, 0) is 4.79 Å². The number of alkyl halides is 5. The van der Waals surface area contributed by atoms with Crippen molar-refractivity contribution in [1.29, 1.82) is 0 Å². The van der Waals surface area contributed by atoms with Crippen LogP contribution in [0, 0.1) is 23.2 Å². The van der Waals surface area contributed by atoms with Crippen LogP contribution in [-0.4, -0.2) is 17.9 Å². The zero-order chi connectivity index (χ0) is 18.9. The summed E-state index contributed by atoms with van der Waals surface area (Å²) in [5.74, 6) is -6.14. The summed E-state index contributed by atoms with van der Waals surface area (Å²) in [7, 11) is 0. The zero-order valence-corrected chi connectivity index (χ0v) is 14.8. The number of fused-ring (bicyclic) bond motifs is 4. The number of hydrogen-bond acceptors (Lipinski definition) is 1. The molecule has 2 saturated carbocycles. The van der Waals surface area contributed by atoms with E-state index in [-0.39, 0.29) is 24.0 Å². The Morgan fingerprint density at radius 1 is 1.00 bits per heavy atom. The van der Waals surface area contributed by atoms with Crippen molar-refractivity contribution in [2.45, 2.75) is 70.4 Å². The summed E-state index contributed by atoms with van der Waals surface area (Å²) in [6, 6.07) is 0. The van der Waals surface area contributed by atoms with Gasteiger partial charge in [0, 0.05) is 12.3 Å². The quantitative estimate of drug-likeness (QED) is 0.514. The summed E-state index contributed by atoms with van der Waals surface area (Å²) in [4.78, 5) is 11.7. The van der Waals surface area contributed by atoms with Crippen molar-refractivity contribution in [2.24, 2.45) is 23.2 Å². The molecule has 0 aliphatic heterocycles. The Morgan fingerprint density at radius 2 is 1.73 bits per heavy atom. The summed E-state index contributed by atoms with van der Waals surface area (Å²) in [6.45, 7) is 1.66. The standard InChI is InChI=1S/C20H23F5O/c1-18-9-8-14-13-5-3-12(26)10-11(13)2-4-15(14)16(18)6-7-17(18)19(21,22)20(23,24)25/h10,15-17H,2-9H2,1H3/t15-,16+,17-,18+/m1/s1. The predicted octanol–water partition coefficient (Wildman–Crippen LogP) is 6.01. The highest BCUT2D eigenvalue weighted by Gasteiger charge is 2.70. The lowest BCUT2D eigenvalue weighted by molar-refractivity contribution is -0.314. The molecule has 2 fully saturated rings. The second-order valence-corrected chi connectivity index (χ2v) is 8.65. The second-order valence-electron chi connectivity index (χ2n) is 8.65. The van der Waals surface area contributed by atoms with Gasteiger partial charge in [-0.05, 0) is 79.4 Å². The largest absolute Gasteiger partial charge is 0.453 e. The lowest BCUT2D eigenvalue weighted by Gasteiger charge is -2.50. The number of carbonyl (C=O) groups is 1. The molecule has 0 aromatic carbocycles. The smallest absolute Gasteiger partial charge is 0.295 e. The van der Waals surface area contributed by atoms with Crippen molar-refractivity contribution in [3.8, 4) is 0 Å². The van der Waals surface area contributed by atoms with Crippen LogP contribution in [0.5, 0.6) is 0 Å². The van der Waals surface area contributed by atoms with Crippen LogP contribution in [0.1, 0.15) is 58.3 Å². The van der Waals surface area contributed by atoms with E-state index in [9.17, 15) is 26.7 Å². The van der Waals surface area contributed by atoms with Crippen molar-refractivity contribution >= 4 is 5.78 Å². The van der Waals surface area contributed by atoms with Gasteiger partial charge in [0.2, 0.25) is 0 Å². The van der Waals surface area contributed by atoms with E-state index in [4.69, 9.17) is 0 Å². The first kappa shape index (κ1) is 18.2. The molecule has 0 bridgehead atoms. The third-order valence-electron chi connectivity index (χ3n) is 7.55. The molecule has 26 heavy (non-hydrogen) atoms. The summed E-state index contributed by atoms with van der Waals surface area (Å²) >= 11 is 0. The predicted molar refractivity (Wildman–Crippen MR) is 86.6 cm³/mol. The van der Waals surface area contributed by atoms with Gasteiger partial charge >= 0.3 is 12.1 Å². The van der Waals surface area contributed by atoms with Crippen molar-refractivity contribution in [3.05, 3.63) is 22.8 Å². The lowest BCUT2D eigenvalue weighted by atomic mass is 9.55. The van der Waals surface area contributed by atoms with Crippen molar-refractivity contribution in [1.82, 2.24) is 0 Å². The normalized spacial score (nSPS) is 37.8. The molecule has 4 rings (SSSR count). The van der Waals surface area contributed by atoms with Gasteiger partial charge in [0.25, 0.3) is 0 Å². The zero-order valence-electron chi connectivity index (χ0n) is 14.8. The van der Waals surface area contributed by atoms with Crippen LogP contribution in [0.25, 0.3) is 0 Å². The Morgan fingerprint density at radius 3 is 2.42 bits per heavy atom. The minimum absolute atomic E-state index is 0.0615. The van der Waals surface area contributed by atoms with Gasteiger partial charge < -0.3 is 0 Å². The molecule has 0 radical (unpaired) electrons. The van der Waals surface area contributed by atoms with Crippen LogP contribution in [0.15, 0.2) is 22.8 Å². The molecule has 0 unspecified atom stereocenters.